The Hall–Kier alpha value is -2.13. The minimum absolute atomic E-state index is 0.0493. The van der Waals surface area contributed by atoms with Crippen LogP contribution in [0.15, 0.2) is 42.5 Å². The molecule has 0 saturated carbocycles. The van der Waals surface area contributed by atoms with Crippen LogP contribution in [0.4, 0.5) is 30.7 Å². The van der Waals surface area contributed by atoms with Crippen molar-refractivity contribution in [3.8, 4) is 0 Å². The second-order valence-corrected chi connectivity index (χ2v) is 8.02. The van der Waals surface area contributed by atoms with Gasteiger partial charge in [-0.1, -0.05) is 12.1 Å². The van der Waals surface area contributed by atoms with E-state index in [-0.39, 0.29) is 35.8 Å². The van der Waals surface area contributed by atoms with Crippen molar-refractivity contribution in [3.05, 3.63) is 70.5 Å². The molecule has 2 nitrogen and oxygen atoms in total. The zero-order chi connectivity index (χ0) is 22.8. The van der Waals surface area contributed by atoms with E-state index in [0.29, 0.717) is 13.1 Å². The Labute approximate surface area is 176 Å². The molecule has 1 aliphatic rings. The van der Waals surface area contributed by atoms with E-state index >= 15 is 0 Å². The summed E-state index contributed by atoms with van der Waals surface area (Å²) in [6, 6.07) is 7.89. The van der Waals surface area contributed by atoms with E-state index in [1.54, 1.807) is 24.1 Å². The molecular formula is C22H23F7N2. The number of piperidine rings is 1. The van der Waals surface area contributed by atoms with E-state index in [1.165, 1.54) is 12.1 Å². The van der Waals surface area contributed by atoms with Crippen molar-refractivity contribution in [2.24, 2.45) is 5.92 Å². The summed E-state index contributed by atoms with van der Waals surface area (Å²) in [5.41, 5.74) is -1.70. The van der Waals surface area contributed by atoms with Gasteiger partial charge < -0.3 is 10.2 Å². The molecule has 2 aromatic carbocycles. The van der Waals surface area contributed by atoms with Gasteiger partial charge in [0.2, 0.25) is 0 Å². The van der Waals surface area contributed by atoms with Gasteiger partial charge in [0.25, 0.3) is 0 Å². The highest BCUT2D eigenvalue weighted by Gasteiger charge is 2.37. The van der Waals surface area contributed by atoms with Gasteiger partial charge in [0, 0.05) is 13.1 Å². The summed E-state index contributed by atoms with van der Waals surface area (Å²) in [5.74, 6) is -0.134. The maximum Gasteiger partial charge on any atom is 0.416 e. The Balaban J connectivity index is 1.77. The Morgan fingerprint density at radius 3 is 2.06 bits per heavy atom. The molecule has 0 amide bonds. The molecule has 3 rings (SSSR count). The number of hydrogen-bond donors (Lipinski definition) is 1. The molecule has 0 aromatic heterocycles. The molecule has 1 unspecified atom stereocenters. The van der Waals surface area contributed by atoms with Crippen molar-refractivity contribution in [1.29, 1.82) is 0 Å². The van der Waals surface area contributed by atoms with Crippen LogP contribution in [0.25, 0.3) is 0 Å². The summed E-state index contributed by atoms with van der Waals surface area (Å²) < 4.78 is 91.8. The molecule has 0 radical (unpaired) electrons. The van der Waals surface area contributed by atoms with E-state index in [0.717, 1.165) is 30.7 Å². The van der Waals surface area contributed by atoms with Gasteiger partial charge in [-0.3, -0.25) is 0 Å². The third-order valence-corrected chi connectivity index (χ3v) is 5.55. The van der Waals surface area contributed by atoms with Crippen LogP contribution in [-0.2, 0) is 18.9 Å². The number of rotatable bonds is 5. The number of benzene rings is 2. The predicted octanol–water partition coefficient (Wildman–Crippen LogP) is 5.69. The van der Waals surface area contributed by atoms with Crippen molar-refractivity contribution < 1.29 is 30.7 Å². The second-order valence-electron chi connectivity index (χ2n) is 8.02. The Morgan fingerprint density at radius 2 is 1.52 bits per heavy atom. The summed E-state index contributed by atoms with van der Waals surface area (Å²) >= 11 is 0. The lowest BCUT2D eigenvalue weighted by molar-refractivity contribution is -0.143. The van der Waals surface area contributed by atoms with Crippen LogP contribution in [0.1, 0.15) is 34.6 Å². The first-order chi connectivity index (χ1) is 14.4. The molecule has 1 heterocycles. The molecule has 0 spiro atoms. The fourth-order valence-corrected chi connectivity index (χ4v) is 4.15. The maximum absolute atomic E-state index is 13.3. The van der Waals surface area contributed by atoms with E-state index < -0.39 is 23.5 Å². The van der Waals surface area contributed by atoms with Crippen molar-refractivity contribution in [1.82, 2.24) is 10.2 Å². The first kappa shape index (κ1) is 23.5. The van der Waals surface area contributed by atoms with Gasteiger partial charge in [0.15, 0.2) is 0 Å². The molecule has 1 aliphatic heterocycles. The molecule has 2 aromatic rings. The van der Waals surface area contributed by atoms with Gasteiger partial charge in [0.05, 0.1) is 11.1 Å². The lowest BCUT2D eigenvalue weighted by atomic mass is 9.81. The quantitative estimate of drug-likeness (QED) is 0.592. The minimum Gasteiger partial charge on any atom is -0.316 e. The summed E-state index contributed by atoms with van der Waals surface area (Å²) in [4.78, 5) is 1.73. The van der Waals surface area contributed by atoms with Crippen LogP contribution in [0.2, 0.25) is 0 Å². The van der Waals surface area contributed by atoms with Crippen LogP contribution in [0, 0.1) is 11.7 Å². The number of alkyl halides is 6. The van der Waals surface area contributed by atoms with Crippen molar-refractivity contribution in [3.63, 3.8) is 0 Å². The van der Waals surface area contributed by atoms with Crippen LogP contribution in [0.3, 0.4) is 0 Å². The van der Waals surface area contributed by atoms with E-state index in [1.807, 2.05) is 0 Å². The Morgan fingerprint density at radius 1 is 0.935 bits per heavy atom. The second kappa shape index (κ2) is 9.16. The number of nitrogens with zero attached hydrogens (tertiary/aromatic N) is 1. The summed E-state index contributed by atoms with van der Waals surface area (Å²) in [6.45, 7) is 1.85. The Kier molecular flexibility index (Phi) is 6.95. The molecule has 1 N–H and O–H groups in total. The molecule has 31 heavy (non-hydrogen) atoms. The summed E-state index contributed by atoms with van der Waals surface area (Å²) in [7, 11) is 1.67. The zero-order valence-corrected chi connectivity index (χ0v) is 16.8. The maximum atomic E-state index is 13.3. The highest BCUT2D eigenvalue weighted by atomic mass is 19.4. The van der Waals surface area contributed by atoms with Gasteiger partial charge in [-0.15, -0.1) is 0 Å². The average molecular weight is 448 g/mol. The number of nitrogens with one attached hydrogen (secondary N) is 1. The first-order valence-corrected chi connectivity index (χ1v) is 9.86. The third-order valence-electron chi connectivity index (χ3n) is 5.55. The van der Waals surface area contributed by atoms with Gasteiger partial charge in [-0.25, -0.2) is 4.39 Å². The van der Waals surface area contributed by atoms with Gasteiger partial charge in [-0.2, -0.15) is 26.3 Å². The number of halogens is 7. The standard InChI is InChI=1S/C22H23F7N2/c1-31(12-14-8-17(21(24,25)26)10-18(9-14)22(27,28)29)13-16-11-30-7-6-20(16)15-2-4-19(23)5-3-15/h2-5,8-10,16,20,30H,6-7,11-13H2,1H3/t16?,20-/m0/s1. The molecule has 2 atom stereocenters. The van der Waals surface area contributed by atoms with E-state index in [4.69, 9.17) is 0 Å². The van der Waals surface area contributed by atoms with Crippen LogP contribution in [-0.4, -0.2) is 31.6 Å². The first-order valence-electron chi connectivity index (χ1n) is 9.86. The molecule has 0 aliphatic carbocycles. The highest BCUT2D eigenvalue weighted by Crippen LogP contribution is 2.37. The van der Waals surface area contributed by atoms with Crippen molar-refractivity contribution in [2.45, 2.75) is 31.2 Å². The molecule has 0 bridgehead atoms. The smallest absolute Gasteiger partial charge is 0.316 e. The highest BCUT2D eigenvalue weighted by molar-refractivity contribution is 5.33. The lowest BCUT2D eigenvalue weighted by Gasteiger charge is -2.35. The van der Waals surface area contributed by atoms with Crippen molar-refractivity contribution >= 4 is 0 Å². The molecule has 1 saturated heterocycles. The fraction of sp³-hybridized carbons (Fsp3) is 0.455. The largest absolute Gasteiger partial charge is 0.416 e. The summed E-state index contributed by atoms with van der Waals surface area (Å²) in [5, 5.41) is 3.27. The average Bonchev–Trinajstić information content (AvgIpc) is 2.67. The third kappa shape index (κ3) is 6.20. The fourth-order valence-electron chi connectivity index (χ4n) is 4.15. The lowest BCUT2D eigenvalue weighted by Crippen LogP contribution is -2.41. The topological polar surface area (TPSA) is 15.3 Å². The number of hydrogen-bond acceptors (Lipinski definition) is 2. The van der Waals surface area contributed by atoms with E-state index in [9.17, 15) is 30.7 Å². The molecular weight excluding hydrogens is 425 g/mol. The minimum atomic E-state index is -4.87. The monoisotopic (exact) mass is 448 g/mol. The van der Waals surface area contributed by atoms with Gasteiger partial charge in [-0.05, 0) is 79.9 Å². The van der Waals surface area contributed by atoms with Gasteiger partial charge in [0.1, 0.15) is 5.82 Å². The molecule has 9 heteroatoms. The van der Waals surface area contributed by atoms with Crippen LogP contribution in [0.5, 0.6) is 0 Å². The normalized spacial score (nSPS) is 20.3. The molecule has 170 valence electrons. The Bertz CT molecular complexity index is 843. The van der Waals surface area contributed by atoms with Crippen molar-refractivity contribution in [2.75, 3.05) is 26.7 Å². The predicted molar refractivity (Wildman–Crippen MR) is 103 cm³/mol. The SMILES string of the molecule is CN(Cc1cc(C(F)(F)F)cc(C(F)(F)F)c1)CC1CNCC[C@H]1c1ccc(F)cc1. The zero-order valence-electron chi connectivity index (χ0n) is 16.8. The molecule has 1 fully saturated rings. The van der Waals surface area contributed by atoms with Crippen LogP contribution < -0.4 is 5.32 Å². The van der Waals surface area contributed by atoms with Gasteiger partial charge >= 0.3 is 12.4 Å². The van der Waals surface area contributed by atoms with Crippen LogP contribution >= 0.6 is 0 Å². The summed E-state index contributed by atoms with van der Waals surface area (Å²) in [6.07, 6.45) is -8.92. The van der Waals surface area contributed by atoms with E-state index in [2.05, 4.69) is 5.32 Å².